The maximum Gasteiger partial charge on any atom is 0.389 e. The number of halogens is 3. The molecule has 0 saturated carbocycles. The number of rotatable bonds is 10. The number of hydrogen-bond donors (Lipinski definition) is 1. The third-order valence-electron chi connectivity index (χ3n) is 4.13. The van der Waals surface area contributed by atoms with Crippen LogP contribution in [0.4, 0.5) is 18.9 Å². The molecule has 0 atom stereocenters. The first-order chi connectivity index (χ1) is 13.7. The number of ketones is 1. The van der Waals surface area contributed by atoms with E-state index < -0.39 is 12.6 Å². The quantitative estimate of drug-likeness (QED) is 0.345. The normalized spacial score (nSPS) is 11.2. The van der Waals surface area contributed by atoms with E-state index in [1.807, 2.05) is 0 Å². The fourth-order valence-corrected chi connectivity index (χ4v) is 2.79. The van der Waals surface area contributed by atoms with E-state index in [0.29, 0.717) is 24.5 Å². The summed E-state index contributed by atoms with van der Waals surface area (Å²) >= 11 is 0. The largest absolute Gasteiger partial charge is 0.496 e. The molecule has 0 spiro atoms. The lowest BCUT2D eigenvalue weighted by atomic mass is 10.0. The van der Waals surface area contributed by atoms with Gasteiger partial charge < -0.3 is 19.9 Å². The maximum absolute atomic E-state index is 12.7. The molecule has 0 saturated heterocycles. The van der Waals surface area contributed by atoms with E-state index >= 15 is 0 Å². The Morgan fingerprint density at radius 3 is 2.45 bits per heavy atom. The van der Waals surface area contributed by atoms with Crippen LogP contribution in [0.15, 0.2) is 36.4 Å². The Labute approximate surface area is 167 Å². The highest BCUT2D eigenvalue weighted by Crippen LogP contribution is 2.36. The molecule has 2 aromatic rings. The topological polar surface area (TPSA) is 70.8 Å². The van der Waals surface area contributed by atoms with Crippen molar-refractivity contribution in [2.75, 3.05) is 26.1 Å². The van der Waals surface area contributed by atoms with Gasteiger partial charge in [-0.3, -0.25) is 4.79 Å². The van der Waals surface area contributed by atoms with Crippen molar-refractivity contribution in [3.05, 3.63) is 47.5 Å². The smallest absolute Gasteiger partial charge is 0.389 e. The zero-order valence-electron chi connectivity index (χ0n) is 16.3. The van der Waals surface area contributed by atoms with E-state index in [1.54, 1.807) is 24.3 Å². The van der Waals surface area contributed by atoms with Gasteiger partial charge in [-0.15, -0.1) is 0 Å². The van der Waals surface area contributed by atoms with Crippen molar-refractivity contribution < 1.29 is 32.2 Å². The molecule has 0 aliphatic carbocycles. The van der Waals surface area contributed by atoms with Crippen molar-refractivity contribution >= 4 is 11.5 Å². The Kier molecular flexibility index (Phi) is 7.75. The van der Waals surface area contributed by atoms with Gasteiger partial charge in [0.1, 0.15) is 17.2 Å². The molecule has 29 heavy (non-hydrogen) atoms. The van der Waals surface area contributed by atoms with Crippen LogP contribution in [-0.4, -0.2) is 32.3 Å². The summed E-state index contributed by atoms with van der Waals surface area (Å²) in [4.78, 5) is 11.8. The molecule has 8 heteroatoms. The molecular formula is C21H24F3NO4. The molecule has 0 unspecified atom stereocenters. The van der Waals surface area contributed by atoms with Crippen LogP contribution in [-0.2, 0) is 6.42 Å². The summed E-state index contributed by atoms with van der Waals surface area (Å²) in [6.07, 6.45) is -5.22. The predicted molar refractivity (Wildman–Crippen MR) is 104 cm³/mol. The second kappa shape index (κ2) is 10.0. The number of hydrogen-bond acceptors (Lipinski definition) is 5. The van der Waals surface area contributed by atoms with Gasteiger partial charge in [-0.2, -0.15) is 13.2 Å². The summed E-state index contributed by atoms with van der Waals surface area (Å²) < 4.78 is 54.7. The molecule has 2 N–H and O–H groups in total. The predicted octanol–water partition coefficient (Wildman–Crippen LogP) is 4.82. The van der Waals surface area contributed by atoms with Crippen molar-refractivity contribution in [1.82, 2.24) is 0 Å². The minimum atomic E-state index is -4.33. The summed E-state index contributed by atoms with van der Waals surface area (Å²) in [5, 5.41) is 0. The van der Waals surface area contributed by atoms with Crippen LogP contribution < -0.4 is 19.9 Å². The summed E-state index contributed by atoms with van der Waals surface area (Å²) in [7, 11) is 1.32. The average molecular weight is 411 g/mol. The van der Waals surface area contributed by atoms with Crippen LogP contribution in [0.1, 0.15) is 35.7 Å². The number of nitrogens with two attached hydrogens (primary N) is 1. The summed E-state index contributed by atoms with van der Waals surface area (Å²) in [6.45, 7) is 1.91. The van der Waals surface area contributed by atoms with Crippen molar-refractivity contribution in [1.29, 1.82) is 0 Å². The van der Waals surface area contributed by atoms with Gasteiger partial charge in [0.25, 0.3) is 0 Å². The molecule has 2 aromatic carbocycles. The first-order valence-corrected chi connectivity index (χ1v) is 9.10. The molecule has 5 nitrogen and oxygen atoms in total. The number of alkyl halides is 3. The number of nitrogen functional groups attached to an aromatic ring is 1. The van der Waals surface area contributed by atoms with Gasteiger partial charge in [0, 0.05) is 30.2 Å². The van der Waals surface area contributed by atoms with Gasteiger partial charge in [-0.1, -0.05) is 6.07 Å². The summed E-state index contributed by atoms with van der Waals surface area (Å²) in [5.41, 5.74) is 6.72. The van der Waals surface area contributed by atoms with Crippen LogP contribution in [0.3, 0.4) is 0 Å². The molecule has 0 fully saturated rings. The molecule has 2 rings (SSSR count). The molecule has 0 heterocycles. The van der Waals surface area contributed by atoms with Gasteiger partial charge in [0.15, 0.2) is 5.78 Å². The molecular weight excluding hydrogens is 387 g/mol. The van der Waals surface area contributed by atoms with Crippen LogP contribution in [0.5, 0.6) is 17.2 Å². The molecule has 0 bridgehead atoms. The highest BCUT2D eigenvalue weighted by molar-refractivity contribution is 5.97. The van der Waals surface area contributed by atoms with E-state index in [4.69, 9.17) is 19.9 Å². The van der Waals surface area contributed by atoms with Crippen LogP contribution >= 0.6 is 0 Å². The van der Waals surface area contributed by atoms with Crippen molar-refractivity contribution in [3.8, 4) is 17.2 Å². The molecule has 0 aliphatic heterocycles. The molecule has 0 amide bonds. The Balaban J connectivity index is 2.04. The lowest BCUT2D eigenvalue weighted by Crippen LogP contribution is -2.12. The first kappa shape index (κ1) is 22.4. The minimum absolute atomic E-state index is 0.121. The zero-order valence-corrected chi connectivity index (χ0v) is 16.3. The van der Waals surface area contributed by atoms with Crippen LogP contribution in [0.25, 0.3) is 0 Å². The van der Waals surface area contributed by atoms with Gasteiger partial charge in [0.05, 0.1) is 25.9 Å². The third-order valence-corrected chi connectivity index (χ3v) is 4.13. The van der Waals surface area contributed by atoms with Crippen molar-refractivity contribution in [2.45, 2.75) is 32.4 Å². The highest BCUT2D eigenvalue weighted by atomic mass is 19.4. The summed E-state index contributed by atoms with van der Waals surface area (Å²) in [6, 6.07) is 9.99. The standard InChI is InChI=1S/C21H24F3NO4/c1-14(26)17-7-8-19(18(20(17)27-2)9-10-21(22,23)24)29-12-4-11-28-16-6-3-5-15(25)13-16/h3,5-8,13H,4,9-12,25H2,1-2H3. The zero-order chi connectivity index (χ0) is 21.4. The number of anilines is 1. The molecule has 158 valence electrons. The van der Waals surface area contributed by atoms with Crippen LogP contribution in [0, 0.1) is 0 Å². The van der Waals surface area contributed by atoms with E-state index in [0.717, 1.165) is 0 Å². The number of methoxy groups -OCH3 is 1. The monoisotopic (exact) mass is 411 g/mol. The Hall–Kier alpha value is -2.90. The van der Waals surface area contributed by atoms with Gasteiger partial charge in [0.2, 0.25) is 0 Å². The number of Topliss-reactive ketones (excluding diaryl/α,β-unsaturated/α-hetero) is 1. The van der Waals surface area contributed by atoms with E-state index in [-0.39, 0.29) is 41.4 Å². The lowest BCUT2D eigenvalue weighted by Gasteiger charge is -2.18. The van der Waals surface area contributed by atoms with Gasteiger partial charge in [-0.05, 0) is 37.6 Å². The van der Waals surface area contributed by atoms with Crippen molar-refractivity contribution in [3.63, 3.8) is 0 Å². The molecule has 0 aliphatic rings. The lowest BCUT2D eigenvalue weighted by molar-refractivity contribution is -0.134. The number of benzene rings is 2. The highest BCUT2D eigenvalue weighted by Gasteiger charge is 2.29. The SMILES string of the molecule is COc1c(C(C)=O)ccc(OCCCOc2cccc(N)c2)c1CCC(F)(F)F. The van der Waals surface area contributed by atoms with Crippen molar-refractivity contribution in [2.24, 2.45) is 0 Å². The Morgan fingerprint density at radius 2 is 1.83 bits per heavy atom. The van der Waals surface area contributed by atoms with E-state index in [2.05, 4.69) is 0 Å². The van der Waals surface area contributed by atoms with E-state index in [9.17, 15) is 18.0 Å². The summed E-state index contributed by atoms with van der Waals surface area (Å²) in [5.74, 6) is 0.718. The molecule has 0 aromatic heterocycles. The second-order valence-electron chi connectivity index (χ2n) is 6.42. The fourth-order valence-electron chi connectivity index (χ4n) is 2.79. The number of carbonyl (C=O) groups excluding carboxylic acids is 1. The minimum Gasteiger partial charge on any atom is -0.496 e. The number of ether oxygens (including phenoxy) is 3. The first-order valence-electron chi connectivity index (χ1n) is 9.10. The third kappa shape index (κ3) is 6.89. The fraction of sp³-hybridized carbons (Fsp3) is 0.381. The Morgan fingerprint density at radius 1 is 1.10 bits per heavy atom. The second-order valence-corrected chi connectivity index (χ2v) is 6.42. The average Bonchev–Trinajstić information content (AvgIpc) is 2.65. The number of carbonyl (C=O) groups is 1. The maximum atomic E-state index is 12.7. The van der Waals surface area contributed by atoms with Gasteiger partial charge in [-0.25, -0.2) is 0 Å². The molecule has 0 radical (unpaired) electrons. The van der Waals surface area contributed by atoms with E-state index in [1.165, 1.54) is 26.2 Å². The Bertz CT molecular complexity index is 837. The van der Waals surface area contributed by atoms with Crippen LogP contribution in [0.2, 0.25) is 0 Å². The van der Waals surface area contributed by atoms with Gasteiger partial charge >= 0.3 is 6.18 Å².